The number of hydrogen-bond acceptors (Lipinski definition) is 17. The van der Waals surface area contributed by atoms with Gasteiger partial charge in [-0.1, -0.05) is 77.8 Å². The summed E-state index contributed by atoms with van der Waals surface area (Å²) in [4.78, 5) is 197. The van der Waals surface area contributed by atoms with Gasteiger partial charge in [0.15, 0.2) is 0 Å². The Balaban J connectivity index is 2.19. The second-order valence-electron chi connectivity index (χ2n) is 21.9. The summed E-state index contributed by atoms with van der Waals surface area (Å²) in [5.74, 6) is -16.7. The van der Waals surface area contributed by atoms with E-state index >= 15 is 0 Å². The maximum atomic E-state index is 14.3. The number of Topliss-reactive ketones (excluding diaryl/α,β-unsaturated/α-hetero) is 1. The summed E-state index contributed by atoms with van der Waals surface area (Å²) in [5.41, 5.74) is 6.90. The van der Waals surface area contributed by atoms with Crippen molar-refractivity contribution in [3.05, 3.63) is 35.4 Å². The number of aliphatic hydroxyl groups is 2. The standard InChI is InChI=1S/C56H86N12O19/c1-10-13-34(46(77)55(86)58-25-40(72)65-45(30(8)70)54(85)64-38(26-69)51(82)63-37(24-32-17-15-29(7)16-18-32)50(81)60-33(11-2)47(57)78)61-52(83)39-14-12-23-68(39)56(87)44(28(5)6)67-53(84)43(27(3)4)66-49(80)36(20-22-42(75)76)62-48(79)35(59-31(9)71)19-21-41(73)74/h15-18,27-28,30,33-39,43-45,69-70H,10-14,19-26H2,1-9H3,(H2,57,78)(H,58,86)(H,59,71)(H,60,81)(H,61,83)(H,62,79)(H,63,82)(H,64,85)(H,65,72)(H,66,80)(H,67,84)(H,73,74)(H,75,76)/t30?,33-,34-,35-,36-,37-,38-,39-,43-,44-,45-/m0/s1. The Morgan fingerprint density at radius 3 is 1.60 bits per heavy atom. The third-order valence-electron chi connectivity index (χ3n) is 13.9. The highest BCUT2D eigenvalue weighted by molar-refractivity contribution is 6.38. The maximum Gasteiger partial charge on any atom is 0.303 e. The molecule has 31 nitrogen and oxygen atoms in total. The Bertz CT molecular complexity index is 2650. The first-order valence-corrected chi connectivity index (χ1v) is 28.7. The number of carbonyl (C=O) groups is 15. The first kappa shape index (κ1) is 74.5. The van der Waals surface area contributed by atoms with Crippen LogP contribution in [0, 0.1) is 18.8 Å². The second-order valence-corrected chi connectivity index (χ2v) is 21.9. The van der Waals surface area contributed by atoms with Crippen LogP contribution in [0.2, 0.25) is 0 Å². The summed E-state index contributed by atoms with van der Waals surface area (Å²) in [5, 5.41) is 62.8. The van der Waals surface area contributed by atoms with Crippen LogP contribution in [0.25, 0.3) is 0 Å². The normalized spacial score (nSPS) is 16.3. The van der Waals surface area contributed by atoms with Crippen molar-refractivity contribution in [2.24, 2.45) is 17.6 Å². The molecule has 1 saturated heterocycles. The fourth-order valence-corrected chi connectivity index (χ4v) is 9.02. The number of rotatable bonds is 37. The molecule has 87 heavy (non-hydrogen) atoms. The molecule has 0 bridgehead atoms. The van der Waals surface area contributed by atoms with Crippen molar-refractivity contribution in [3.8, 4) is 0 Å². The minimum absolute atomic E-state index is 0.0193. The van der Waals surface area contributed by atoms with Crippen molar-refractivity contribution in [2.45, 2.75) is 193 Å². The number of carboxylic acid groups (broad SMARTS) is 2. The van der Waals surface area contributed by atoms with Gasteiger partial charge in [-0.15, -0.1) is 0 Å². The number of nitrogens with one attached hydrogen (secondary N) is 10. The molecule has 16 N–H and O–H groups in total. The minimum Gasteiger partial charge on any atom is -0.481 e. The summed E-state index contributed by atoms with van der Waals surface area (Å²) in [6, 6.07) is -7.53. The lowest BCUT2D eigenvalue weighted by Crippen LogP contribution is -2.61. The Morgan fingerprint density at radius 1 is 0.598 bits per heavy atom. The van der Waals surface area contributed by atoms with Gasteiger partial charge in [0.05, 0.1) is 25.3 Å². The summed E-state index contributed by atoms with van der Waals surface area (Å²) >= 11 is 0. The van der Waals surface area contributed by atoms with Crippen LogP contribution < -0.4 is 58.9 Å². The molecule has 12 amide bonds. The zero-order chi connectivity index (χ0) is 66.0. The number of amides is 12. The summed E-state index contributed by atoms with van der Waals surface area (Å²) < 4.78 is 0. The number of nitrogens with zero attached hydrogens (tertiary/aromatic N) is 1. The van der Waals surface area contributed by atoms with Crippen LogP contribution in [0.1, 0.15) is 124 Å². The molecule has 2 rings (SSSR count). The number of benzene rings is 1. The maximum absolute atomic E-state index is 14.3. The van der Waals surface area contributed by atoms with Crippen LogP contribution in [0.3, 0.4) is 0 Å². The number of aryl methyl sites for hydroxylation is 1. The quantitative estimate of drug-likeness (QED) is 0.0280. The van der Waals surface area contributed by atoms with Gasteiger partial charge in [0, 0.05) is 32.7 Å². The zero-order valence-corrected chi connectivity index (χ0v) is 50.4. The van der Waals surface area contributed by atoms with E-state index < -0.39 is 199 Å². The molecule has 0 saturated carbocycles. The summed E-state index contributed by atoms with van der Waals surface area (Å²) in [6.45, 7) is 11.6. The largest absolute Gasteiger partial charge is 0.481 e. The lowest BCUT2D eigenvalue weighted by Gasteiger charge is -2.33. The van der Waals surface area contributed by atoms with E-state index in [4.69, 9.17) is 10.8 Å². The molecule has 1 aliphatic heterocycles. The van der Waals surface area contributed by atoms with Gasteiger partial charge in [-0.3, -0.25) is 71.9 Å². The molecule has 1 aromatic rings. The topological polar surface area (TPSA) is 487 Å². The third-order valence-corrected chi connectivity index (χ3v) is 13.9. The number of carbonyl (C=O) groups excluding carboxylic acids is 13. The Hall–Kier alpha value is -8.61. The Labute approximate surface area is 503 Å². The Morgan fingerprint density at radius 2 is 1.09 bits per heavy atom. The van der Waals surface area contributed by atoms with E-state index in [0.29, 0.717) is 12.0 Å². The van der Waals surface area contributed by atoms with E-state index in [1.807, 2.05) is 6.92 Å². The van der Waals surface area contributed by atoms with E-state index in [9.17, 15) is 87.2 Å². The molecule has 11 atom stereocenters. The van der Waals surface area contributed by atoms with Crippen molar-refractivity contribution in [2.75, 3.05) is 19.7 Å². The van der Waals surface area contributed by atoms with Crippen molar-refractivity contribution >= 4 is 88.6 Å². The fourth-order valence-electron chi connectivity index (χ4n) is 9.02. The second kappa shape index (κ2) is 36.4. The molecule has 0 aliphatic carbocycles. The van der Waals surface area contributed by atoms with Crippen LogP contribution in [-0.4, -0.2) is 200 Å². The number of primary amides is 1. The van der Waals surface area contributed by atoms with Crippen LogP contribution in [-0.2, 0) is 78.3 Å². The minimum atomic E-state index is -1.82. The number of aliphatic carboxylic acids is 2. The third kappa shape index (κ3) is 24.7. The first-order chi connectivity index (χ1) is 40.8. The van der Waals surface area contributed by atoms with E-state index in [2.05, 4.69) is 53.2 Å². The highest BCUT2D eigenvalue weighted by Crippen LogP contribution is 2.22. The monoisotopic (exact) mass is 1230 g/mol. The van der Waals surface area contributed by atoms with E-state index in [0.717, 1.165) is 19.4 Å². The molecule has 0 spiro atoms. The molecule has 31 heteroatoms. The molecule has 1 heterocycles. The predicted octanol–water partition coefficient (Wildman–Crippen LogP) is -4.29. The van der Waals surface area contributed by atoms with Gasteiger partial charge in [-0.05, 0) is 69.8 Å². The molecule has 1 fully saturated rings. The summed E-state index contributed by atoms with van der Waals surface area (Å²) in [6.07, 6.45) is -3.11. The van der Waals surface area contributed by atoms with Crippen molar-refractivity contribution in [3.63, 3.8) is 0 Å². The highest BCUT2D eigenvalue weighted by atomic mass is 16.4. The van der Waals surface area contributed by atoms with Crippen LogP contribution >= 0.6 is 0 Å². The molecule has 484 valence electrons. The van der Waals surface area contributed by atoms with E-state index in [-0.39, 0.29) is 45.1 Å². The first-order valence-electron chi connectivity index (χ1n) is 28.7. The fraction of sp³-hybridized carbons (Fsp3) is 0.625. The molecule has 1 aliphatic rings. The molecular formula is C56H86N12O19. The van der Waals surface area contributed by atoms with Crippen LogP contribution in [0.5, 0.6) is 0 Å². The molecule has 0 aromatic heterocycles. The Kier molecular flexibility index (Phi) is 31.2. The SMILES string of the molecule is CCC[C@H](NC(=O)[C@@H]1CCCN1C(=O)[C@@H](NC(=O)[C@@H](NC(=O)[C@H](CCC(=O)O)NC(=O)[C@H](CCC(=O)O)NC(C)=O)C(C)C)C(C)C)C(=O)C(=O)NCC(=O)N[C@H](C(=O)N[C@@H](CO)C(=O)N[C@@H](Cc1ccc(C)cc1)C(=O)N[C@@H](CC)C(N)=O)C(C)O. The van der Waals surface area contributed by atoms with Gasteiger partial charge in [-0.2, -0.15) is 0 Å². The number of hydrogen-bond donors (Lipinski definition) is 15. The van der Waals surface area contributed by atoms with Crippen molar-refractivity contribution < 1.29 is 92.3 Å². The molecule has 1 unspecified atom stereocenters. The molecule has 0 radical (unpaired) electrons. The van der Waals surface area contributed by atoms with Gasteiger partial charge < -0.3 is 84.2 Å². The predicted molar refractivity (Wildman–Crippen MR) is 307 cm³/mol. The van der Waals surface area contributed by atoms with Crippen molar-refractivity contribution in [1.29, 1.82) is 0 Å². The molecule has 1 aromatic carbocycles. The van der Waals surface area contributed by atoms with E-state index in [1.165, 1.54) is 4.90 Å². The van der Waals surface area contributed by atoms with Gasteiger partial charge >= 0.3 is 11.9 Å². The average molecular weight is 1230 g/mol. The number of carboxylic acids is 2. The lowest BCUT2D eigenvalue weighted by molar-refractivity contribution is -0.144. The van der Waals surface area contributed by atoms with Crippen LogP contribution in [0.4, 0.5) is 0 Å². The summed E-state index contributed by atoms with van der Waals surface area (Å²) in [7, 11) is 0. The van der Waals surface area contributed by atoms with Gasteiger partial charge in [-0.25, -0.2) is 0 Å². The average Bonchev–Trinajstić information content (AvgIpc) is 2.55. The number of aliphatic hydroxyl groups excluding tert-OH is 2. The van der Waals surface area contributed by atoms with Gasteiger partial charge in [0.25, 0.3) is 5.91 Å². The highest BCUT2D eigenvalue weighted by Gasteiger charge is 2.42. The number of nitrogens with two attached hydrogens (primary N) is 1. The molecular weight excluding hydrogens is 1140 g/mol. The van der Waals surface area contributed by atoms with Crippen LogP contribution in [0.15, 0.2) is 24.3 Å². The number of ketones is 1. The zero-order valence-electron chi connectivity index (χ0n) is 50.4. The van der Waals surface area contributed by atoms with Gasteiger partial charge in [0.1, 0.15) is 54.4 Å². The van der Waals surface area contributed by atoms with Gasteiger partial charge in [0.2, 0.25) is 70.8 Å². The number of likely N-dealkylation sites (tertiary alicyclic amines) is 1. The smallest absolute Gasteiger partial charge is 0.303 e. The van der Waals surface area contributed by atoms with E-state index in [1.54, 1.807) is 65.8 Å². The van der Waals surface area contributed by atoms with Crippen molar-refractivity contribution in [1.82, 2.24) is 58.1 Å². The lowest BCUT2D eigenvalue weighted by atomic mass is 9.98.